The van der Waals surface area contributed by atoms with E-state index in [9.17, 15) is 4.79 Å². The maximum absolute atomic E-state index is 13.3. The summed E-state index contributed by atoms with van der Waals surface area (Å²) < 4.78 is 5.79. The van der Waals surface area contributed by atoms with Gasteiger partial charge in [0.25, 0.3) is 5.91 Å². The number of nitrogens with one attached hydrogen (secondary N) is 1. The molecule has 0 bridgehead atoms. The fourth-order valence-corrected chi connectivity index (χ4v) is 5.05. The highest BCUT2D eigenvalue weighted by molar-refractivity contribution is 5.99. The minimum atomic E-state index is 0.137. The zero-order chi connectivity index (χ0) is 21.4. The van der Waals surface area contributed by atoms with Gasteiger partial charge in [0.1, 0.15) is 5.75 Å². The van der Waals surface area contributed by atoms with E-state index in [4.69, 9.17) is 4.74 Å². The molecular weight excluding hydrogens is 386 g/mol. The Morgan fingerprint density at radius 2 is 1.94 bits per heavy atom. The van der Waals surface area contributed by atoms with Crippen LogP contribution in [0.4, 0.5) is 5.69 Å². The number of nitrogens with zero attached hydrogens (tertiary/aromatic N) is 2. The van der Waals surface area contributed by atoms with Gasteiger partial charge in [0, 0.05) is 48.3 Å². The molecule has 2 aromatic carbocycles. The number of rotatable bonds is 4. The van der Waals surface area contributed by atoms with Crippen molar-refractivity contribution in [1.82, 2.24) is 9.88 Å². The minimum Gasteiger partial charge on any atom is -0.492 e. The van der Waals surface area contributed by atoms with Crippen LogP contribution < -0.4 is 9.64 Å². The van der Waals surface area contributed by atoms with Crippen LogP contribution in [-0.2, 0) is 12.8 Å². The Kier molecular flexibility index (Phi) is 5.34. The predicted octanol–water partition coefficient (Wildman–Crippen LogP) is 4.65. The third kappa shape index (κ3) is 3.78. The molecule has 5 heteroatoms. The van der Waals surface area contributed by atoms with Crippen molar-refractivity contribution < 1.29 is 9.53 Å². The lowest BCUT2D eigenvalue weighted by Gasteiger charge is -2.36. The number of hydrogen-bond donors (Lipinski definition) is 1. The molecule has 1 aliphatic heterocycles. The summed E-state index contributed by atoms with van der Waals surface area (Å²) in [6, 6.07) is 14.3. The van der Waals surface area contributed by atoms with Crippen LogP contribution in [0.1, 0.15) is 41.9 Å². The maximum Gasteiger partial charge on any atom is 0.253 e. The molecule has 0 radical (unpaired) electrons. The monoisotopic (exact) mass is 417 g/mol. The Morgan fingerprint density at radius 3 is 2.74 bits per heavy atom. The van der Waals surface area contributed by atoms with E-state index in [2.05, 4.69) is 35.0 Å². The number of aromatic amines is 1. The van der Waals surface area contributed by atoms with E-state index in [1.807, 2.05) is 36.1 Å². The van der Waals surface area contributed by atoms with E-state index in [0.717, 1.165) is 61.5 Å². The molecule has 1 atom stereocenters. The molecule has 162 valence electrons. The molecule has 0 saturated carbocycles. The largest absolute Gasteiger partial charge is 0.492 e. The Hall–Kier alpha value is -2.95. The molecule has 3 aromatic rings. The summed E-state index contributed by atoms with van der Waals surface area (Å²) in [6.07, 6.45) is 3.45. The zero-order valence-corrected chi connectivity index (χ0v) is 18.5. The van der Waals surface area contributed by atoms with Crippen LogP contribution in [0.2, 0.25) is 0 Å². The van der Waals surface area contributed by atoms with Gasteiger partial charge in [-0.15, -0.1) is 0 Å². The van der Waals surface area contributed by atoms with Crippen molar-refractivity contribution >= 4 is 22.5 Å². The van der Waals surface area contributed by atoms with Crippen LogP contribution in [-0.4, -0.2) is 48.6 Å². The van der Waals surface area contributed by atoms with Crippen molar-refractivity contribution in [2.45, 2.75) is 33.1 Å². The molecule has 2 heterocycles. The number of ether oxygens (including phenoxy) is 1. The molecular formula is C26H31N3O2. The number of hydrogen-bond acceptors (Lipinski definition) is 3. The van der Waals surface area contributed by atoms with Crippen molar-refractivity contribution in [3.63, 3.8) is 0 Å². The summed E-state index contributed by atoms with van der Waals surface area (Å²) in [7, 11) is 0. The third-order valence-corrected chi connectivity index (χ3v) is 6.75. The predicted molar refractivity (Wildman–Crippen MR) is 125 cm³/mol. The van der Waals surface area contributed by atoms with E-state index >= 15 is 0 Å². The second-order valence-corrected chi connectivity index (χ2v) is 8.87. The smallest absolute Gasteiger partial charge is 0.253 e. The number of para-hydroxylation sites is 2. The van der Waals surface area contributed by atoms with Gasteiger partial charge in [0.05, 0.1) is 12.3 Å². The Bertz CT molecular complexity index is 1100. The van der Waals surface area contributed by atoms with Gasteiger partial charge in [-0.05, 0) is 68.0 Å². The summed E-state index contributed by atoms with van der Waals surface area (Å²) in [5.74, 6) is 1.76. The summed E-state index contributed by atoms with van der Waals surface area (Å²) in [4.78, 5) is 21.2. The van der Waals surface area contributed by atoms with Crippen LogP contribution in [0.3, 0.4) is 0 Å². The number of fused-ring (bicyclic) bond motifs is 3. The van der Waals surface area contributed by atoms with E-state index in [0.29, 0.717) is 12.5 Å². The molecule has 5 nitrogen and oxygen atoms in total. The van der Waals surface area contributed by atoms with Crippen LogP contribution >= 0.6 is 0 Å². The topological polar surface area (TPSA) is 48.6 Å². The molecule has 1 amide bonds. The van der Waals surface area contributed by atoms with E-state index in [1.165, 1.54) is 23.1 Å². The molecule has 1 N–H and O–H groups in total. The molecule has 31 heavy (non-hydrogen) atoms. The van der Waals surface area contributed by atoms with Crippen molar-refractivity contribution in [3.05, 3.63) is 59.3 Å². The SMILES string of the molecule is CCOc1ccccc1N1CCN(C(=O)c2ccc3[nH]c4c(c3c2)C[C@@H](C)CC4)CC1. The number of anilines is 1. The van der Waals surface area contributed by atoms with Crippen LogP contribution in [0.15, 0.2) is 42.5 Å². The highest BCUT2D eigenvalue weighted by Gasteiger charge is 2.25. The van der Waals surface area contributed by atoms with Crippen LogP contribution in [0.25, 0.3) is 10.9 Å². The fourth-order valence-electron chi connectivity index (χ4n) is 5.05. The minimum absolute atomic E-state index is 0.137. The van der Waals surface area contributed by atoms with E-state index in [-0.39, 0.29) is 5.91 Å². The maximum atomic E-state index is 13.3. The Balaban J connectivity index is 1.32. The summed E-state index contributed by atoms with van der Waals surface area (Å²) in [5.41, 5.74) is 5.86. The first-order valence-electron chi connectivity index (χ1n) is 11.5. The van der Waals surface area contributed by atoms with Gasteiger partial charge in [-0.3, -0.25) is 4.79 Å². The average Bonchev–Trinajstić information content (AvgIpc) is 3.16. The Morgan fingerprint density at radius 1 is 1.13 bits per heavy atom. The van der Waals surface area contributed by atoms with Crippen molar-refractivity contribution in [2.24, 2.45) is 5.92 Å². The molecule has 5 rings (SSSR count). The molecule has 1 aliphatic carbocycles. The zero-order valence-electron chi connectivity index (χ0n) is 18.5. The number of aryl methyl sites for hydroxylation is 1. The number of carbonyl (C=O) groups is 1. The molecule has 1 fully saturated rings. The van der Waals surface area contributed by atoms with Crippen molar-refractivity contribution in [2.75, 3.05) is 37.7 Å². The quantitative estimate of drug-likeness (QED) is 0.672. The van der Waals surface area contributed by atoms with E-state index < -0.39 is 0 Å². The second kappa shape index (κ2) is 8.29. The molecule has 2 aliphatic rings. The standard InChI is InChI=1S/C26H31N3O2/c1-3-31-25-7-5-4-6-24(25)28-12-14-29(15-13-28)26(30)19-9-11-23-21(17-19)20-16-18(2)8-10-22(20)27-23/h4-7,9,11,17-18,27H,3,8,10,12-16H2,1-2H3/t18-/m0/s1. The molecule has 1 aromatic heterocycles. The van der Waals surface area contributed by atoms with Gasteiger partial charge in [0.2, 0.25) is 0 Å². The first kappa shape index (κ1) is 20.0. The first-order chi connectivity index (χ1) is 15.1. The number of benzene rings is 2. The summed E-state index contributed by atoms with van der Waals surface area (Å²) in [6.45, 7) is 8.05. The van der Waals surface area contributed by atoms with Crippen LogP contribution in [0, 0.1) is 5.92 Å². The van der Waals surface area contributed by atoms with Crippen molar-refractivity contribution in [1.29, 1.82) is 0 Å². The van der Waals surface area contributed by atoms with Gasteiger partial charge in [-0.25, -0.2) is 0 Å². The molecule has 0 spiro atoms. The average molecular weight is 418 g/mol. The summed E-state index contributed by atoms with van der Waals surface area (Å²) in [5, 5.41) is 1.23. The summed E-state index contributed by atoms with van der Waals surface area (Å²) >= 11 is 0. The molecule has 0 unspecified atom stereocenters. The Labute approximate surface area is 184 Å². The van der Waals surface area contributed by atoms with Crippen molar-refractivity contribution in [3.8, 4) is 5.75 Å². The molecule has 1 saturated heterocycles. The van der Waals surface area contributed by atoms with Gasteiger partial charge >= 0.3 is 0 Å². The highest BCUT2D eigenvalue weighted by atomic mass is 16.5. The highest BCUT2D eigenvalue weighted by Crippen LogP contribution is 2.33. The number of H-pyrrole nitrogens is 1. The van der Waals surface area contributed by atoms with Gasteiger partial charge in [-0.1, -0.05) is 19.1 Å². The lowest BCUT2D eigenvalue weighted by Crippen LogP contribution is -2.48. The first-order valence-corrected chi connectivity index (χ1v) is 11.5. The number of piperazine rings is 1. The normalized spacial score (nSPS) is 18.8. The van der Waals surface area contributed by atoms with E-state index in [1.54, 1.807) is 0 Å². The second-order valence-electron chi connectivity index (χ2n) is 8.87. The van der Waals surface area contributed by atoms with Gasteiger partial charge in [-0.2, -0.15) is 0 Å². The van der Waals surface area contributed by atoms with Crippen LogP contribution in [0.5, 0.6) is 5.75 Å². The lowest BCUT2D eigenvalue weighted by atomic mass is 9.87. The van der Waals surface area contributed by atoms with Gasteiger partial charge in [0.15, 0.2) is 0 Å². The lowest BCUT2D eigenvalue weighted by molar-refractivity contribution is 0.0747. The van der Waals surface area contributed by atoms with Gasteiger partial charge < -0.3 is 19.5 Å². The number of aromatic nitrogens is 1. The number of amides is 1. The number of carbonyl (C=O) groups excluding carboxylic acids is 1. The third-order valence-electron chi connectivity index (χ3n) is 6.75. The fraction of sp³-hybridized carbons (Fsp3) is 0.423.